The van der Waals surface area contributed by atoms with Gasteiger partial charge in [-0.3, -0.25) is 14.3 Å². The highest BCUT2D eigenvalue weighted by Gasteiger charge is 2.30. The van der Waals surface area contributed by atoms with Crippen molar-refractivity contribution < 1.29 is 19.1 Å². The highest BCUT2D eigenvalue weighted by Crippen LogP contribution is 2.27. The van der Waals surface area contributed by atoms with Crippen molar-refractivity contribution in [2.75, 3.05) is 20.8 Å². The molecule has 0 spiro atoms. The molecule has 31 heavy (non-hydrogen) atoms. The van der Waals surface area contributed by atoms with Crippen LogP contribution in [0.2, 0.25) is 0 Å². The van der Waals surface area contributed by atoms with Crippen molar-refractivity contribution in [2.24, 2.45) is 0 Å². The van der Waals surface area contributed by atoms with Crippen molar-refractivity contribution in [3.05, 3.63) is 29.6 Å². The van der Waals surface area contributed by atoms with Gasteiger partial charge in [0.1, 0.15) is 5.56 Å². The number of hydrogen-bond acceptors (Lipinski definition) is 7. The van der Waals surface area contributed by atoms with Crippen LogP contribution >= 0.6 is 0 Å². The molecule has 10 heteroatoms. The standard InChI is InChI=1S/C21H28N6O4/c1-30-18-9-8-16(20(23-18)31-2)21(29)27-11-4-3-5-15(27)10-12-26-13-17(24-25-26)19(28)22-14-6-7-14/h8-9,13-15H,3-7,10-12H2,1-2H3,(H,22,28). The van der Waals surface area contributed by atoms with Crippen LogP contribution in [0, 0.1) is 0 Å². The summed E-state index contributed by atoms with van der Waals surface area (Å²) < 4.78 is 12.1. The number of methoxy groups -OCH3 is 2. The number of amides is 2. The Morgan fingerprint density at radius 1 is 1.16 bits per heavy atom. The van der Waals surface area contributed by atoms with Gasteiger partial charge in [-0.2, -0.15) is 4.98 Å². The third-order valence-corrected chi connectivity index (χ3v) is 5.73. The normalized spacial score (nSPS) is 18.5. The molecular weight excluding hydrogens is 400 g/mol. The van der Waals surface area contributed by atoms with Crippen molar-refractivity contribution in [3.63, 3.8) is 0 Å². The molecule has 166 valence electrons. The van der Waals surface area contributed by atoms with Gasteiger partial charge < -0.3 is 19.7 Å². The zero-order valence-corrected chi connectivity index (χ0v) is 17.9. The summed E-state index contributed by atoms with van der Waals surface area (Å²) in [6, 6.07) is 3.71. The van der Waals surface area contributed by atoms with Crippen molar-refractivity contribution >= 4 is 11.8 Å². The van der Waals surface area contributed by atoms with Gasteiger partial charge in [-0.05, 0) is 44.6 Å². The second kappa shape index (κ2) is 9.32. The summed E-state index contributed by atoms with van der Waals surface area (Å²) in [4.78, 5) is 31.5. The molecule has 2 aromatic heterocycles. The summed E-state index contributed by atoms with van der Waals surface area (Å²) in [6.45, 7) is 1.27. The van der Waals surface area contributed by atoms with E-state index in [-0.39, 0.29) is 29.8 Å². The maximum atomic E-state index is 13.3. The minimum Gasteiger partial charge on any atom is -0.481 e. The first-order valence-corrected chi connectivity index (χ1v) is 10.7. The zero-order chi connectivity index (χ0) is 21.8. The third-order valence-electron chi connectivity index (χ3n) is 5.73. The van der Waals surface area contributed by atoms with Gasteiger partial charge in [0, 0.05) is 31.2 Å². The van der Waals surface area contributed by atoms with E-state index in [0.717, 1.165) is 38.5 Å². The van der Waals surface area contributed by atoms with E-state index in [4.69, 9.17) is 9.47 Å². The molecule has 1 saturated heterocycles. The lowest BCUT2D eigenvalue weighted by molar-refractivity contribution is 0.0589. The fraction of sp³-hybridized carbons (Fsp3) is 0.571. The lowest BCUT2D eigenvalue weighted by Gasteiger charge is -2.36. The van der Waals surface area contributed by atoms with Crippen molar-refractivity contribution in [1.82, 2.24) is 30.2 Å². The molecule has 1 N–H and O–H groups in total. The number of nitrogens with one attached hydrogen (secondary N) is 1. The van der Waals surface area contributed by atoms with Gasteiger partial charge in [0.25, 0.3) is 11.8 Å². The number of carbonyl (C=O) groups excluding carboxylic acids is 2. The quantitative estimate of drug-likeness (QED) is 0.681. The van der Waals surface area contributed by atoms with Crippen LogP contribution in [0.3, 0.4) is 0 Å². The average molecular weight is 428 g/mol. The summed E-state index contributed by atoms with van der Waals surface area (Å²) in [6.07, 6.45) is 7.40. The lowest BCUT2D eigenvalue weighted by Crippen LogP contribution is -2.44. The molecule has 2 amide bonds. The van der Waals surface area contributed by atoms with Gasteiger partial charge in [0.05, 0.1) is 20.4 Å². The fourth-order valence-electron chi connectivity index (χ4n) is 3.86. The van der Waals surface area contributed by atoms with E-state index in [9.17, 15) is 9.59 Å². The molecule has 1 aliphatic heterocycles. The summed E-state index contributed by atoms with van der Waals surface area (Å²) in [7, 11) is 3.02. The molecule has 1 atom stereocenters. The molecule has 1 aliphatic carbocycles. The number of piperidine rings is 1. The van der Waals surface area contributed by atoms with Crippen molar-refractivity contribution in [2.45, 2.75) is 57.2 Å². The Morgan fingerprint density at radius 3 is 2.74 bits per heavy atom. The second-order valence-corrected chi connectivity index (χ2v) is 7.96. The Labute approximate surface area is 180 Å². The topological polar surface area (TPSA) is 111 Å². The molecule has 2 aliphatic rings. The highest BCUT2D eigenvalue weighted by molar-refractivity contribution is 5.96. The molecule has 2 aromatic rings. The Morgan fingerprint density at radius 2 is 2.00 bits per heavy atom. The number of nitrogens with zero attached hydrogens (tertiary/aromatic N) is 5. The van der Waals surface area contributed by atoms with Crippen LogP contribution in [-0.4, -0.2) is 69.5 Å². The number of carbonyl (C=O) groups is 2. The zero-order valence-electron chi connectivity index (χ0n) is 17.9. The molecule has 0 aromatic carbocycles. The van der Waals surface area contributed by atoms with E-state index in [2.05, 4.69) is 20.6 Å². The Bertz CT molecular complexity index is 942. The molecule has 1 unspecified atom stereocenters. The SMILES string of the molecule is COc1ccc(C(=O)N2CCCCC2CCn2cc(C(=O)NC3CC3)nn2)c(OC)n1. The number of aryl methyl sites for hydroxylation is 1. The summed E-state index contributed by atoms with van der Waals surface area (Å²) in [5.74, 6) is 0.384. The van der Waals surface area contributed by atoms with Gasteiger partial charge in [0.2, 0.25) is 11.8 Å². The molecule has 0 bridgehead atoms. The minimum absolute atomic E-state index is 0.0704. The van der Waals surface area contributed by atoms with Crippen molar-refractivity contribution in [1.29, 1.82) is 0 Å². The predicted molar refractivity (Wildman–Crippen MR) is 111 cm³/mol. The number of pyridine rings is 1. The molecular formula is C21H28N6O4. The van der Waals surface area contributed by atoms with E-state index in [1.54, 1.807) is 23.0 Å². The van der Waals surface area contributed by atoms with E-state index >= 15 is 0 Å². The number of aromatic nitrogens is 4. The van der Waals surface area contributed by atoms with Crippen LogP contribution in [-0.2, 0) is 6.54 Å². The first-order valence-electron chi connectivity index (χ1n) is 10.7. The van der Waals surface area contributed by atoms with Crippen molar-refractivity contribution in [3.8, 4) is 11.8 Å². The molecule has 10 nitrogen and oxygen atoms in total. The molecule has 3 heterocycles. The van der Waals surface area contributed by atoms with Crippen LogP contribution in [0.15, 0.2) is 18.3 Å². The first-order chi connectivity index (χ1) is 15.1. The van der Waals surface area contributed by atoms with Gasteiger partial charge in [-0.1, -0.05) is 5.21 Å². The Balaban J connectivity index is 1.41. The number of likely N-dealkylation sites (tertiary alicyclic amines) is 1. The van der Waals surface area contributed by atoms with Crippen LogP contribution in [0.25, 0.3) is 0 Å². The number of rotatable bonds is 8. The van der Waals surface area contributed by atoms with E-state index < -0.39 is 0 Å². The first kappa shape index (κ1) is 21.1. The van der Waals surface area contributed by atoms with Gasteiger partial charge in [-0.25, -0.2) is 0 Å². The smallest absolute Gasteiger partial charge is 0.273 e. The summed E-state index contributed by atoms with van der Waals surface area (Å²) >= 11 is 0. The van der Waals surface area contributed by atoms with E-state index in [0.29, 0.717) is 30.2 Å². The van der Waals surface area contributed by atoms with Gasteiger partial charge >= 0.3 is 0 Å². The third kappa shape index (κ3) is 4.95. The second-order valence-electron chi connectivity index (χ2n) is 7.96. The molecule has 2 fully saturated rings. The molecule has 4 rings (SSSR count). The van der Waals surface area contributed by atoms with Crippen LogP contribution < -0.4 is 14.8 Å². The maximum absolute atomic E-state index is 13.3. The Kier molecular flexibility index (Phi) is 6.34. The maximum Gasteiger partial charge on any atom is 0.273 e. The number of hydrogen-bond donors (Lipinski definition) is 1. The highest BCUT2D eigenvalue weighted by atomic mass is 16.5. The summed E-state index contributed by atoms with van der Waals surface area (Å²) in [5.41, 5.74) is 0.757. The van der Waals surface area contributed by atoms with E-state index in [1.165, 1.54) is 14.2 Å². The lowest BCUT2D eigenvalue weighted by atomic mass is 9.98. The molecule has 0 radical (unpaired) electrons. The fourth-order valence-corrected chi connectivity index (χ4v) is 3.86. The van der Waals surface area contributed by atoms with Gasteiger partial charge in [0.15, 0.2) is 5.69 Å². The monoisotopic (exact) mass is 428 g/mol. The largest absolute Gasteiger partial charge is 0.481 e. The van der Waals surface area contributed by atoms with E-state index in [1.807, 2.05) is 4.90 Å². The molecule has 1 saturated carbocycles. The Hall–Kier alpha value is -3.17. The van der Waals surface area contributed by atoms with Crippen LogP contribution in [0.5, 0.6) is 11.8 Å². The minimum atomic E-state index is -0.178. The van der Waals surface area contributed by atoms with Crippen LogP contribution in [0.4, 0.5) is 0 Å². The average Bonchev–Trinajstić information content (AvgIpc) is 3.49. The van der Waals surface area contributed by atoms with Gasteiger partial charge in [-0.15, -0.1) is 5.10 Å². The van der Waals surface area contributed by atoms with Crippen LogP contribution in [0.1, 0.15) is 59.4 Å². The predicted octanol–water partition coefficient (Wildman–Crippen LogP) is 1.67. The summed E-state index contributed by atoms with van der Waals surface area (Å²) in [5, 5.41) is 11.0. The number of ether oxygens (including phenoxy) is 2.